The number of rotatable bonds is 3. The molecule has 1 heterocycles. The lowest BCUT2D eigenvalue weighted by Gasteiger charge is -2.40. The van der Waals surface area contributed by atoms with Crippen LogP contribution in [0, 0.1) is 0 Å². The maximum absolute atomic E-state index is 12.0. The molecule has 2 rings (SSSR count). The summed E-state index contributed by atoms with van der Waals surface area (Å²) in [5.41, 5.74) is 0.668. The normalized spacial score (nSPS) is 23.2. The second-order valence-electron chi connectivity index (χ2n) is 4.83. The Morgan fingerprint density at radius 3 is 2.59 bits per heavy atom. The zero-order valence-electron chi connectivity index (χ0n) is 10.5. The highest BCUT2D eigenvalue weighted by Gasteiger charge is 2.42. The smallest absolute Gasteiger partial charge is 0.340 e. The molecule has 1 aliphatic carbocycles. The first-order chi connectivity index (χ1) is 8.17. The molecule has 94 valence electrons. The third-order valence-corrected chi connectivity index (χ3v) is 3.50. The fraction of sp³-hybridized carbons (Fsp3) is 0.643. The number of hydrogen-bond acceptors (Lipinski definition) is 3. The second kappa shape index (κ2) is 4.94. The van der Waals surface area contributed by atoms with Gasteiger partial charge in [0.25, 0.3) is 5.79 Å². The van der Waals surface area contributed by atoms with Crippen LogP contribution >= 0.6 is 0 Å². The largest absolute Gasteiger partial charge is 0.456 e. The van der Waals surface area contributed by atoms with Crippen molar-refractivity contribution in [2.75, 3.05) is 0 Å². The van der Waals surface area contributed by atoms with E-state index in [4.69, 9.17) is 9.47 Å². The van der Waals surface area contributed by atoms with Crippen LogP contribution in [0.4, 0.5) is 0 Å². The van der Waals surface area contributed by atoms with Crippen molar-refractivity contribution in [1.29, 1.82) is 0 Å². The van der Waals surface area contributed by atoms with Crippen LogP contribution in [0.15, 0.2) is 24.0 Å². The fourth-order valence-corrected chi connectivity index (χ4v) is 2.55. The van der Waals surface area contributed by atoms with Crippen LogP contribution in [0.3, 0.4) is 0 Å². The van der Waals surface area contributed by atoms with Gasteiger partial charge in [0, 0.05) is 12.8 Å². The summed E-state index contributed by atoms with van der Waals surface area (Å²) < 4.78 is 11.4. The molecule has 1 saturated carbocycles. The lowest BCUT2D eigenvalue weighted by atomic mass is 9.93. The van der Waals surface area contributed by atoms with Crippen molar-refractivity contribution in [2.45, 2.75) is 57.7 Å². The topological polar surface area (TPSA) is 35.5 Å². The van der Waals surface area contributed by atoms with Crippen LogP contribution in [0.2, 0.25) is 0 Å². The number of carbonyl (C=O) groups is 1. The van der Waals surface area contributed by atoms with Gasteiger partial charge >= 0.3 is 5.97 Å². The maximum atomic E-state index is 12.0. The summed E-state index contributed by atoms with van der Waals surface area (Å²) in [5, 5.41) is 0. The summed E-state index contributed by atoms with van der Waals surface area (Å²) >= 11 is 0. The van der Waals surface area contributed by atoms with E-state index in [1.165, 1.54) is 6.42 Å². The molecule has 1 spiro atoms. The quantitative estimate of drug-likeness (QED) is 0.556. The Morgan fingerprint density at radius 2 is 2.00 bits per heavy atom. The molecule has 0 saturated heterocycles. The lowest BCUT2D eigenvalue weighted by Crippen LogP contribution is -2.43. The van der Waals surface area contributed by atoms with Crippen molar-refractivity contribution < 1.29 is 14.3 Å². The summed E-state index contributed by atoms with van der Waals surface area (Å²) in [4.78, 5) is 12.0. The molecule has 0 N–H and O–H groups in total. The predicted octanol–water partition coefficient (Wildman–Crippen LogP) is 3.46. The van der Waals surface area contributed by atoms with E-state index in [2.05, 4.69) is 6.58 Å². The van der Waals surface area contributed by atoms with Crippen LogP contribution in [-0.4, -0.2) is 11.8 Å². The van der Waals surface area contributed by atoms with Gasteiger partial charge in [-0.3, -0.25) is 0 Å². The van der Waals surface area contributed by atoms with E-state index in [1.807, 2.05) is 6.92 Å². The fourth-order valence-electron chi connectivity index (χ4n) is 2.55. The molecule has 0 aromatic carbocycles. The maximum Gasteiger partial charge on any atom is 0.340 e. The van der Waals surface area contributed by atoms with Gasteiger partial charge < -0.3 is 9.47 Å². The van der Waals surface area contributed by atoms with Gasteiger partial charge in [0.2, 0.25) is 0 Å². The van der Waals surface area contributed by atoms with E-state index >= 15 is 0 Å². The van der Waals surface area contributed by atoms with E-state index in [-0.39, 0.29) is 5.97 Å². The Labute approximate surface area is 102 Å². The van der Waals surface area contributed by atoms with Crippen molar-refractivity contribution in [1.82, 2.24) is 0 Å². The van der Waals surface area contributed by atoms with Crippen molar-refractivity contribution in [3.05, 3.63) is 24.0 Å². The van der Waals surface area contributed by atoms with E-state index < -0.39 is 5.79 Å². The third kappa shape index (κ3) is 2.54. The van der Waals surface area contributed by atoms with E-state index in [0.717, 1.165) is 37.9 Å². The average Bonchev–Trinajstić information content (AvgIpc) is 2.29. The van der Waals surface area contributed by atoms with Crippen LogP contribution in [0.5, 0.6) is 0 Å². The molecule has 0 aromatic rings. The first-order valence-corrected chi connectivity index (χ1v) is 6.40. The number of hydrogen-bond donors (Lipinski definition) is 0. The standard InChI is InChI=1S/C14H20O3/c1-3-4-8-12-11(2)16-14(17-13(12)15)9-6-5-7-10-14/h3H,1,4-10H2,2H3. The third-order valence-electron chi connectivity index (χ3n) is 3.50. The molecule has 0 bridgehead atoms. The summed E-state index contributed by atoms with van der Waals surface area (Å²) in [7, 11) is 0. The summed E-state index contributed by atoms with van der Waals surface area (Å²) in [6.07, 6.45) is 8.23. The molecule has 1 fully saturated rings. The number of allylic oxidation sites excluding steroid dienone is 2. The minimum atomic E-state index is -0.656. The van der Waals surface area contributed by atoms with Crippen LogP contribution in [0.1, 0.15) is 51.9 Å². The van der Waals surface area contributed by atoms with E-state index in [0.29, 0.717) is 12.0 Å². The van der Waals surface area contributed by atoms with Crippen molar-refractivity contribution >= 4 is 5.97 Å². The number of carbonyl (C=O) groups excluding carboxylic acids is 1. The molecule has 1 aliphatic heterocycles. The minimum absolute atomic E-state index is 0.197. The average molecular weight is 236 g/mol. The Hall–Kier alpha value is -1.25. The van der Waals surface area contributed by atoms with Gasteiger partial charge in [-0.15, -0.1) is 6.58 Å². The van der Waals surface area contributed by atoms with Gasteiger partial charge in [0.05, 0.1) is 5.57 Å². The first kappa shape index (κ1) is 12.2. The minimum Gasteiger partial charge on any atom is -0.456 e. The Morgan fingerprint density at radius 1 is 1.29 bits per heavy atom. The highest BCUT2D eigenvalue weighted by atomic mass is 16.7. The van der Waals surface area contributed by atoms with E-state index in [9.17, 15) is 4.79 Å². The molecule has 0 atom stereocenters. The molecular weight excluding hydrogens is 216 g/mol. The van der Waals surface area contributed by atoms with Gasteiger partial charge in [-0.1, -0.05) is 12.5 Å². The predicted molar refractivity (Wildman–Crippen MR) is 65.1 cm³/mol. The zero-order chi connectivity index (χ0) is 12.3. The molecule has 0 aromatic heterocycles. The lowest BCUT2D eigenvalue weighted by molar-refractivity contribution is -0.234. The van der Waals surface area contributed by atoms with Gasteiger partial charge in [-0.05, 0) is 32.6 Å². The Balaban J connectivity index is 2.13. The van der Waals surface area contributed by atoms with Gasteiger partial charge in [0.15, 0.2) is 0 Å². The van der Waals surface area contributed by atoms with Crippen LogP contribution < -0.4 is 0 Å². The summed E-state index contributed by atoms with van der Waals surface area (Å²) in [6, 6.07) is 0. The van der Waals surface area contributed by atoms with Crippen LogP contribution in [-0.2, 0) is 14.3 Å². The van der Waals surface area contributed by atoms with Gasteiger partial charge in [-0.25, -0.2) is 4.79 Å². The monoisotopic (exact) mass is 236 g/mol. The molecule has 2 aliphatic rings. The summed E-state index contributed by atoms with van der Waals surface area (Å²) in [6.45, 7) is 5.53. The number of esters is 1. The summed E-state index contributed by atoms with van der Waals surface area (Å²) in [5.74, 6) is -0.112. The van der Waals surface area contributed by atoms with Gasteiger partial charge in [0.1, 0.15) is 5.76 Å². The molecular formula is C14H20O3. The molecule has 0 amide bonds. The highest BCUT2D eigenvalue weighted by molar-refractivity contribution is 5.89. The van der Waals surface area contributed by atoms with Crippen molar-refractivity contribution in [2.24, 2.45) is 0 Å². The van der Waals surface area contributed by atoms with Gasteiger partial charge in [-0.2, -0.15) is 0 Å². The number of ether oxygens (including phenoxy) is 2. The van der Waals surface area contributed by atoms with Crippen LogP contribution in [0.25, 0.3) is 0 Å². The zero-order valence-corrected chi connectivity index (χ0v) is 10.5. The molecule has 3 nitrogen and oxygen atoms in total. The van der Waals surface area contributed by atoms with Crippen molar-refractivity contribution in [3.63, 3.8) is 0 Å². The SMILES string of the molecule is C=CCCC1=C(C)OC2(CCCCC2)OC1=O. The molecule has 0 radical (unpaired) electrons. The van der Waals surface area contributed by atoms with Crippen molar-refractivity contribution in [3.8, 4) is 0 Å². The Kier molecular flexibility index (Phi) is 3.55. The van der Waals surface area contributed by atoms with E-state index in [1.54, 1.807) is 6.08 Å². The first-order valence-electron chi connectivity index (χ1n) is 6.40. The Bertz CT molecular complexity index is 348. The molecule has 17 heavy (non-hydrogen) atoms. The molecule has 0 unspecified atom stereocenters. The molecule has 3 heteroatoms. The highest BCUT2D eigenvalue weighted by Crippen LogP contribution is 2.39. The second-order valence-corrected chi connectivity index (χ2v) is 4.83.